The molecular formula is C13H26N2O. The van der Waals surface area contributed by atoms with Gasteiger partial charge in [0.15, 0.2) is 0 Å². The average molecular weight is 226 g/mol. The fourth-order valence-electron chi connectivity index (χ4n) is 2.50. The summed E-state index contributed by atoms with van der Waals surface area (Å²) in [6.45, 7) is 16.5. The van der Waals surface area contributed by atoms with Crippen molar-refractivity contribution in [3.05, 3.63) is 0 Å². The first kappa shape index (κ1) is 13.5. The van der Waals surface area contributed by atoms with Gasteiger partial charge in [-0.25, -0.2) is 0 Å². The summed E-state index contributed by atoms with van der Waals surface area (Å²) in [6, 6.07) is 0.292. The van der Waals surface area contributed by atoms with Crippen molar-refractivity contribution in [2.24, 2.45) is 0 Å². The zero-order valence-electron chi connectivity index (χ0n) is 11.8. The summed E-state index contributed by atoms with van der Waals surface area (Å²) in [5.74, 6) is 0.251. The first-order chi connectivity index (χ1) is 7.03. The Hall–Kier alpha value is -0.570. The summed E-state index contributed by atoms with van der Waals surface area (Å²) in [6.07, 6.45) is 0. The van der Waals surface area contributed by atoms with Crippen molar-refractivity contribution in [1.29, 1.82) is 0 Å². The molecule has 1 amide bonds. The molecule has 1 rings (SSSR count). The van der Waals surface area contributed by atoms with E-state index in [0.29, 0.717) is 12.6 Å². The third kappa shape index (κ3) is 2.76. The zero-order valence-corrected chi connectivity index (χ0v) is 11.8. The number of amides is 1. The van der Waals surface area contributed by atoms with Crippen LogP contribution >= 0.6 is 0 Å². The molecule has 1 fully saturated rings. The fraction of sp³-hybridized carbons (Fsp3) is 0.923. The molecule has 0 aromatic carbocycles. The molecule has 1 atom stereocenters. The standard InChI is InChI=1S/C13H26N2O/c1-10-8-14(12(2,3)4)9-11(16)15(10)13(5,6)7/h10H,8-9H2,1-7H3. The highest BCUT2D eigenvalue weighted by Crippen LogP contribution is 2.25. The maximum atomic E-state index is 12.2. The van der Waals surface area contributed by atoms with E-state index in [4.69, 9.17) is 0 Å². The Morgan fingerprint density at radius 1 is 1.06 bits per heavy atom. The first-order valence-corrected chi connectivity index (χ1v) is 6.10. The van der Waals surface area contributed by atoms with Gasteiger partial charge in [0, 0.05) is 23.7 Å². The fourth-order valence-corrected chi connectivity index (χ4v) is 2.50. The van der Waals surface area contributed by atoms with Gasteiger partial charge in [-0.1, -0.05) is 0 Å². The van der Waals surface area contributed by atoms with Crippen molar-refractivity contribution < 1.29 is 4.79 Å². The smallest absolute Gasteiger partial charge is 0.237 e. The van der Waals surface area contributed by atoms with E-state index in [1.807, 2.05) is 4.90 Å². The molecule has 3 nitrogen and oxygen atoms in total. The topological polar surface area (TPSA) is 23.6 Å². The van der Waals surface area contributed by atoms with Gasteiger partial charge in [-0.15, -0.1) is 0 Å². The quantitative estimate of drug-likeness (QED) is 0.631. The highest BCUT2D eigenvalue weighted by atomic mass is 16.2. The van der Waals surface area contributed by atoms with Gasteiger partial charge in [-0.2, -0.15) is 0 Å². The van der Waals surface area contributed by atoms with Crippen molar-refractivity contribution in [2.45, 2.75) is 65.6 Å². The molecule has 1 unspecified atom stereocenters. The van der Waals surface area contributed by atoms with E-state index in [1.54, 1.807) is 0 Å². The number of carbonyl (C=O) groups is 1. The maximum absolute atomic E-state index is 12.2. The number of rotatable bonds is 0. The van der Waals surface area contributed by atoms with Crippen molar-refractivity contribution in [3.63, 3.8) is 0 Å². The Bertz CT molecular complexity index is 273. The molecule has 0 spiro atoms. The largest absolute Gasteiger partial charge is 0.333 e. The summed E-state index contributed by atoms with van der Waals surface area (Å²) < 4.78 is 0. The van der Waals surface area contributed by atoms with E-state index < -0.39 is 0 Å². The third-order valence-electron chi connectivity index (χ3n) is 3.19. The lowest BCUT2D eigenvalue weighted by atomic mass is 9.97. The second-order valence-corrected chi connectivity index (χ2v) is 6.83. The number of hydrogen-bond acceptors (Lipinski definition) is 2. The number of nitrogens with zero attached hydrogens (tertiary/aromatic N) is 2. The van der Waals surface area contributed by atoms with Gasteiger partial charge in [0.1, 0.15) is 0 Å². The normalized spacial score (nSPS) is 25.1. The molecule has 3 heteroatoms. The Morgan fingerprint density at radius 3 is 1.88 bits per heavy atom. The van der Waals surface area contributed by atoms with Gasteiger partial charge in [0.05, 0.1) is 6.54 Å². The predicted octanol–water partition coefficient (Wildman–Crippen LogP) is 2.12. The Balaban J connectivity index is 2.84. The highest BCUT2D eigenvalue weighted by molar-refractivity contribution is 5.80. The lowest BCUT2D eigenvalue weighted by Crippen LogP contribution is -2.64. The molecule has 1 aliphatic rings. The van der Waals surface area contributed by atoms with Crippen molar-refractivity contribution in [2.75, 3.05) is 13.1 Å². The van der Waals surface area contributed by atoms with E-state index in [9.17, 15) is 4.79 Å². The molecular weight excluding hydrogens is 200 g/mol. The summed E-state index contributed by atoms with van der Waals surface area (Å²) in [5.41, 5.74) is 0.00830. The maximum Gasteiger partial charge on any atom is 0.237 e. The average Bonchev–Trinajstić information content (AvgIpc) is 1.97. The van der Waals surface area contributed by atoms with Gasteiger partial charge >= 0.3 is 0 Å². The molecule has 1 heterocycles. The van der Waals surface area contributed by atoms with Crippen LogP contribution < -0.4 is 0 Å². The van der Waals surface area contributed by atoms with Crippen LogP contribution in [0.3, 0.4) is 0 Å². The van der Waals surface area contributed by atoms with Crippen LogP contribution in [0, 0.1) is 0 Å². The van der Waals surface area contributed by atoms with Gasteiger partial charge in [-0.3, -0.25) is 9.69 Å². The molecule has 0 bridgehead atoms. The lowest BCUT2D eigenvalue weighted by molar-refractivity contribution is -0.148. The van der Waals surface area contributed by atoms with Crippen LogP contribution in [0.4, 0.5) is 0 Å². The lowest BCUT2D eigenvalue weighted by Gasteiger charge is -2.50. The van der Waals surface area contributed by atoms with Gasteiger partial charge in [-0.05, 0) is 48.5 Å². The van der Waals surface area contributed by atoms with Gasteiger partial charge in [0.25, 0.3) is 0 Å². The Labute approximate surface area is 99.8 Å². The molecule has 0 radical (unpaired) electrons. The minimum atomic E-state index is -0.0690. The molecule has 94 valence electrons. The zero-order chi connectivity index (χ0) is 12.7. The first-order valence-electron chi connectivity index (χ1n) is 6.10. The number of carbonyl (C=O) groups excluding carboxylic acids is 1. The van der Waals surface area contributed by atoms with Crippen LogP contribution in [0.25, 0.3) is 0 Å². The van der Waals surface area contributed by atoms with Gasteiger partial charge in [0.2, 0.25) is 5.91 Å². The van der Waals surface area contributed by atoms with E-state index in [0.717, 1.165) is 6.54 Å². The van der Waals surface area contributed by atoms with E-state index >= 15 is 0 Å². The second-order valence-electron chi connectivity index (χ2n) is 6.83. The van der Waals surface area contributed by atoms with Crippen molar-refractivity contribution in [3.8, 4) is 0 Å². The molecule has 0 aromatic heterocycles. The van der Waals surface area contributed by atoms with Crippen LogP contribution in [0.15, 0.2) is 0 Å². The summed E-state index contributed by atoms with van der Waals surface area (Å²) in [4.78, 5) is 16.5. The van der Waals surface area contributed by atoms with Crippen LogP contribution in [-0.4, -0.2) is 45.9 Å². The van der Waals surface area contributed by atoms with Gasteiger partial charge < -0.3 is 4.90 Å². The molecule has 1 saturated heterocycles. The molecule has 1 aliphatic heterocycles. The van der Waals surface area contributed by atoms with Crippen molar-refractivity contribution in [1.82, 2.24) is 9.80 Å². The summed E-state index contributed by atoms with van der Waals surface area (Å²) in [5, 5.41) is 0. The van der Waals surface area contributed by atoms with Crippen molar-refractivity contribution >= 4 is 5.91 Å². The Kier molecular flexibility index (Phi) is 3.39. The minimum Gasteiger partial charge on any atom is -0.333 e. The summed E-state index contributed by atoms with van der Waals surface area (Å²) in [7, 11) is 0. The third-order valence-corrected chi connectivity index (χ3v) is 3.19. The van der Waals surface area contributed by atoms with Crippen LogP contribution in [0.1, 0.15) is 48.5 Å². The van der Waals surface area contributed by atoms with E-state index in [1.165, 1.54) is 0 Å². The SMILES string of the molecule is CC1CN(C(C)(C)C)CC(=O)N1C(C)(C)C. The molecule has 0 aliphatic carbocycles. The van der Waals surface area contributed by atoms with E-state index in [2.05, 4.69) is 53.4 Å². The van der Waals surface area contributed by atoms with E-state index in [-0.39, 0.29) is 17.0 Å². The monoisotopic (exact) mass is 226 g/mol. The predicted molar refractivity (Wildman–Crippen MR) is 67.4 cm³/mol. The van der Waals surface area contributed by atoms with Crippen LogP contribution in [-0.2, 0) is 4.79 Å². The Morgan fingerprint density at radius 2 is 1.56 bits per heavy atom. The number of piperazine rings is 1. The van der Waals surface area contributed by atoms with Crippen LogP contribution in [0.2, 0.25) is 0 Å². The minimum absolute atomic E-state index is 0.0690. The second kappa shape index (κ2) is 4.02. The molecule has 0 saturated carbocycles. The molecule has 0 aromatic rings. The number of hydrogen-bond donors (Lipinski definition) is 0. The van der Waals surface area contributed by atoms with Crippen LogP contribution in [0.5, 0.6) is 0 Å². The highest BCUT2D eigenvalue weighted by Gasteiger charge is 2.39. The molecule has 0 N–H and O–H groups in total. The summed E-state index contributed by atoms with van der Waals surface area (Å²) >= 11 is 0. The molecule has 16 heavy (non-hydrogen) atoms.